The minimum Gasteiger partial charge on any atom is -0.490 e. The number of halogens is 1. The number of nitrogens with zero attached hydrogens (tertiary/aromatic N) is 2. The second-order valence-electron chi connectivity index (χ2n) is 5.20. The number of amides is 1. The fourth-order valence-corrected chi connectivity index (χ4v) is 3.19. The molecule has 1 aromatic carbocycles. The van der Waals surface area contributed by atoms with E-state index in [4.69, 9.17) is 26.2 Å². The third-order valence-corrected chi connectivity index (χ3v) is 4.60. The predicted octanol–water partition coefficient (Wildman–Crippen LogP) is 2.70. The highest BCUT2D eigenvalue weighted by Crippen LogP contribution is 2.33. The number of carboxylic acid groups (broad SMARTS) is 1. The van der Waals surface area contributed by atoms with Gasteiger partial charge in [-0.05, 0) is 13.0 Å². The van der Waals surface area contributed by atoms with Gasteiger partial charge in [-0.15, -0.1) is 5.10 Å². The standard InChI is InChI=1S/C17H18ClN3O5S/c1-3-5-26-13-7-11(18)10(6-12(13)25-4-2)9-19-21-17-20-16(24)14(27-17)8-15(22)23/h3,6-7,9,14H,1,4-5,8H2,2H3,(H,22,23)(H,20,21,24). The summed E-state index contributed by atoms with van der Waals surface area (Å²) in [5.41, 5.74) is 0.548. The summed E-state index contributed by atoms with van der Waals surface area (Å²) in [6.45, 7) is 6.20. The van der Waals surface area contributed by atoms with Gasteiger partial charge >= 0.3 is 5.97 Å². The Morgan fingerprint density at radius 2 is 2.19 bits per heavy atom. The fraction of sp³-hybridized carbons (Fsp3) is 0.294. The molecular formula is C17H18ClN3O5S. The van der Waals surface area contributed by atoms with Gasteiger partial charge in [0, 0.05) is 11.6 Å². The molecule has 1 aliphatic rings. The van der Waals surface area contributed by atoms with E-state index in [1.807, 2.05) is 6.92 Å². The zero-order valence-electron chi connectivity index (χ0n) is 14.5. The third kappa shape index (κ3) is 6.00. The maximum Gasteiger partial charge on any atom is 0.305 e. The van der Waals surface area contributed by atoms with E-state index in [2.05, 4.69) is 22.1 Å². The minimum atomic E-state index is -1.05. The Kier molecular flexibility index (Phi) is 7.68. The van der Waals surface area contributed by atoms with E-state index >= 15 is 0 Å². The molecule has 0 spiro atoms. The summed E-state index contributed by atoms with van der Waals surface area (Å²) in [6, 6.07) is 3.28. The van der Waals surface area contributed by atoms with Crippen molar-refractivity contribution in [2.24, 2.45) is 10.2 Å². The molecule has 1 aromatic rings. The molecule has 1 fully saturated rings. The largest absolute Gasteiger partial charge is 0.490 e. The quantitative estimate of drug-likeness (QED) is 0.367. The van der Waals surface area contributed by atoms with Gasteiger partial charge in [-0.1, -0.05) is 36.0 Å². The molecule has 144 valence electrons. The van der Waals surface area contributed by atoms with Crippen molar-refractivity contribution in [2.75, 3.05) is 13.2 Å². The monoisotopic (exact) mass is 411 g/mol. The van der Waals surface area contributed by atoms with Crippen molar-refractivity contribution < 1.29 is 24.2 Å². The number of carbonyl (C=O) groups excluding carboxylic acids is 1. The minimum absolute atomic E-state index is 0.231. The number of ether oxygens (including phenoxy) is 2. The van der Waals surface area contributed by atoms with Gasteiger partial charge in [0.2, 0.25) is 5.91 Å². The number of hydrogen-bond donors (Lipinski definition) is 2. The summed E-state index contributed by atoms with van der Waals surface area (Å²) >= 11 is 7.26. The summed E-state index contributed by atoms with van der Waals surface area (Å²) in [6.07, 6.45) is 2.74. The number of nitrogens with one attached hydrogen (secondary N) is 1. The van der Waals surface area contributed by atoms with Crippen molar-refractivity contribution in [2.45, 2.75) is 18.6 Å². The Balaban J connectivity index is 2.14. The van der Waals surface area contributed by atoms with Crippen LogP contribution in [0.4, 0.5) is 0 Å². The van der Waals surface area contributed by atoms with Crippen LogP contribution in [0.1, 0.15) is 18.9 Å². The Morgan fingerprint density at radius 3 is 2.85 bits per heavy atom. The summed E-state index contributed by atoms with van der Waals surface area (Å²) in [4.78, 5) is 22.4. The van der Waals surface area contributed by atoms with Gasteiger partial charge < -0.3 is 19.9 Å². The van der Waals surface area contributed by atoms with Crippen LogP contribution in [0.3, 0.4) is 0 Å². The van der Waals surface area contributed by atoms with Gasteiger partial charge in [0.1, 0.15) is 11.9 Å². The van der Waals surface area contributed by atoms with Gasteiger partial charge in [0.05, 0.1) is 24.3 Å². The highest BCUT2D eigenvalue weighted by atomic mass is 35.5. The van der Waals surface area contributed by atoms with Crippen LogP contribution < -0.4 is 14.8 Å². The summed E-state index contributed by atoms with van der Waals surface area (Å²) in [5, 5.41) is 19.0. The zero-order chi connectivity index (χ0) is 19.8. The molecule has 0 aliphatic carbocycles. The van der Waals surface area contributed by atoms with Gasteiger partial charge in [-0.2, -0.15) is 5.10 Å². The SMILES string of the molecule is C=CCOc1cc(Cl)c(C=NN=C2NC(=O)C(CC(=O)O)S2)cc1OCC. The summed E-state index contributed by atoms with van der Waals surface area (Å²) < 4.78 is 11.1. The Morgan fingerprint density at radius 1 is 1.44 bits per heavy atom. The van der Waals surface area contributed by atoms with E-state index in [0.29, 0.717) is 35.3 Å². The van der Waals surface area contributed by atoms with Crippen LogP contribution in [0, 0.1) is 0 Å². The topological polar surface area (TPSA) is 110 Å². The number of rotatable bonds is 9. The van der Waals surface area contributed by atoms with E-state index < -0.39 is 17.1 Å². The number of carbonyl (C=O) groups is 2. The van der Waals surface area contributed by atoms with Crippen molar-refractivity contribution in [1.82, 2.24) is 5.32 Å². The average Bonchev–Trinajstić information content (AvgIpc) is 2.95. The maximum atomic E-state index is 11.7. The normalized spacial score (nSPS) is 17.9. The number of carboxylic acids is 1. The first-order chi connectivity index (χ1) is 12.9. The highest BCUT2D eigenvalue weighted by Gasteiger charge is 2.32. The van der Waals surface area contributed by atoms with Crippen LogP contribution in [0.5, 0.6) is 11.5 Å². The molecule has 1 amide bonds. The van der Waals surface area contributed by atoms with Crippen molar-refractivity contribution in [3.05, 3.63) is 35.4 Å². The van der Waals surface area contributed by atoms with Crippen LogP contribution in [0.25, 0.3) is 0 Å². The fourth-order valence-electron chi connectivity index (χ4n) is 2.07. The lowest BCUT2D eigenvalue weighted by molar-refractivity contribution is -0.138. The molecule has 27 heavy (non-hydrogen) atoms. The van der Waals surface area contributed by atoms with Crippen molar-refractivity contribution >= 4 is 46.6 Å². The Labute approximate surface area is 165 Å². The molecule has 0 saturated carbocycles. The third-order valence-electron chi connectivity index (χ3n) is 3.20. The molecule has 0 bridgehead atoms. The van der Waals surface area contributed by atoms with Crippen molar-refractivity contribution in [3.63, 3.8) is 0 Å². The molecule has 1 aliphatic heterocycles. The van der Waals surface area contributed by atoms with Gasteiger partial charge in [0.25, 0.3) is 0 Å². The van der Waals surface area contributed by atoms with Gasteiger partial charge in [-0.3, -0.25) is 9.59 Å². The molecule has 10 heteroatoms. The number of aliphatic carboxylic acids is 1. The van der Waals surface area contributed by atoms with Crippen LogP contribution in [0.15, 0.2) is 35.0 Å². The maximum absolute atomic E-state index is 11.7. The predicted molar refractivity (Wildman–Crippen MR) is 105 cm³/mol. The van der Waals surface area contributed by atoms with Crippen molar-refractivity contribution in [1.29, 1.82) is 0 Å². The Bertz CT molecular complexity index is 797. The van der Waals surface area contributed by atoms with E-state index in [0.717, 1.165) is 11.8 Å². The number of thioether (sulfide) groups is 1. The zero-order valence-corrected chi connectivity index (χ0v) is 16.0. The number of amidine groups is 1. The first kappa shape index (κ1) is 20.8. The van der Waals surface area contributed by atoms with Crippen LogP contribution in [-0.4, -0.2) is 46.8 Å². The molecule has 2 N–H and O–H groups in total. The molecular weight excluding hydrogens is 394 g/mol. The van der Waals surface area contributed by atoms with E-state index in [9.17, 15) is 9.59 Å². The van der Waals surface area contributed by atoms with Gasteiger partial charge in [0.15, 0.2) is 16.7 Å². The van der Waals surface area contributed by atoms with Gasteiger partial charge in [-0.25, -0.2) is 0 Å². The second-order valence-corrected chi connectivity index (χ2v) is 6.80. The molecule has 8 nitrogen and oxygen atoms in total. The second kappa shape index (κ2) is 9.98. The van der Waals surface area contributed by atoms with Crippen molar-refractivity contribution in [3.8, 4) is 11.5 Å². The number of hydrogen-bond acceptors (Lipinski definition) is 7. The lowest BCUT2D eigenvalue weighted by Crippen LogP contribution is -2.26. The molecule has 1 unspecified atom stereocenters. The first-order valence-electron chi connectivity index (χ1n) is 7.95. The average molecular weight is 412 g/mol. The van der Waals surface area contributed by atoms with Crippen LogP contribution in [0.2, 0.25) is 5.02 Å². The molecule has 1 heterocycles. The molecule has 2 rings (SSSR count). The molecule has 0 aromatic heterocycles. The number of benzene rings is 1. The summed E-state index contributed by atoms with van der Waals surface area (Å²) in [5.74, 6) is -0.471. The van der Waals surface area contributed by atoms with Crippen LogP contribution in [-0.2, 0) is 9.59 Å². The first-order valence-corrected chi connectivity index (χ1v) is 9.20. The highest BCUT2D eigenvalue weighted by molar-refractivity contribution is 8.15. The molecule has 1 atom stereocenters. The molecule has 0 radical (unpaired) electrons. The lowest BCUT2D eigenvalue weighted by atomic mass is 10.2. The molecule has 1 saturated heterocycles. The lowest BCUT2D eigenvalue weighted by Gasteiger charge is -2.12. The Hall–Kier alpha value is -2.52. The van der Waals surface area contributed by atoms with E-state index in [1.54, 1.807) is 18.2 Å². The summed E-state index contributed by atoms with van der Waals surface area (Å²) in [7, 11) is 0. The van der Waals surface area contributed by atoms with E-state index in [1.165, 1.54) is 6.21 Å². The van der Waals surface area contributed by atoms with Crippen LogP contribution >= 0.6 is 23.4 Å². The van der Waals surface area contributed by atoms with E-state index in [-0.39, 0.29) is 11.6 Å². The smallest absolute Gasteiger partial charge is 0.305 e.